The maximum atomic E-state index is 11.8. The van der Waals surface area contributed by atoms with Crippen molar-refractivity contribution < 1.29 is 14.3 Å². The molecular weight excluding hydrogens is 338 g/mol. The van der Waals surface area contributed by atoms with Crippen LogP contribution in [0.2, 0.25) is 5.02 Å². The summed E-state index contributed by atoms with van der Waals surface area (Å²) in [6, 6.07) is 15.2. The van der Waals surface area contributed by atoms with Gasteiger partial charge in [0.25, 0.3) is 0 Å². The van der Waals surface area contributed by atoms with E-state index in [0.717, 1.165) is 24.3 Å². The molecule has 0 aliphatic carbocycles. The third kappa shape index (κ3) is 7.48. The lowest BCUT2D eigenvalue weighted by Crippen LogP contribution is -2.24. The highest BCUT2D eigenvalue weighted by atomic mass is 35.5. The average molecular weight is 362 g/mol. The van der Waals surface area contributed by atoms with Crippen LogP contribution in [0.1, 0.15) is 24.8 Å². The summed E-state index contributed by atoms with van der Waals surface area (Å²) < 4.78 is 10.8. The number of halogens is 1. The first-order valence-corrected chi connectivity index (χ1v) is 8.83. The van der Waals surface area contributed by atoms with Crippen molar-refractivity contribution in [2.24, 2.45) is 0 Å². The normalized spacial score (nSPS) is 10.3. The Morgan fingerprint density at radius 1 is 1.08 bits per heavy atom. The van der Waals surface area contributed by atoms with Crippen LogP contribution in [0.3, 0.4) is 0 Å². The molecule has 2 aromatic carbocycles. The molecule has 2 rings (SSSR count). The predicted octanol–water partition coefficient (Wildman–Crippen LogP) is 4.26. The fraction of sp³-hybridized carbons (Fsp3) is 0.350. The van der Waals surface area contributed by atoms with E-state index >= 15 is 0 Å². The second-order valence-electron chi connectivity index (χ2n) is 5.71. The van der Waals surface area contributed by atoms with Crippen LogP contribution in [0, 0.1) is 0 Å². The molecule has 0 spiro atoms. The zero-order valence-corrected chi connectivity index (χ0v) is 15.2. The molecule has 0 aliphatic heterocycles. The van der Waals surface area contributed by atoms with Crippen molar-refractivity contribution in [1.29, 1.82) is 0 Å². The number of amides is 1. The summed E-state index contributed by atoms with van der Waals surface area (Å²) in [5, 5.41) is 3.63. The van der Waals surface area contributed by atoms with Gasteiger partial charge in [0, 0.05) is 18.0 Å². The first-order chi connectivity index (χ1) is 12.2. The van der Waals surface area contributed by atoms with Gasteiger partial charge in [-0.2, -0.15) is 0 Å². The largest absolute Gasteiger partial charge is 0.497 e. The SMILES string of the molecule is COc1cccc(CCCNC(=O)CCCOc2ccc(Cl)cc2)c1. The van der Waals surface area contributed by atoms with Crippen molar-refractivity contribution in [3.05, 3.63) is 59.1 Å². The molecule has 0 atom stereocenters. The van der Waals surface area contributed by atoms with Crippen molar-refractivity contribution in [3.63, 3.8) is 0 Å². The van der Waals surface area contributed by atoms with E-state index in [1.165, 1.54) is 5.56 Å². The maximum Gasteiger partial charge on any atom is 0.220 e. The fourth-order valence-corrected chi connectivity index (χ4v) is 2.52. The first kappa shape index (κ1) is 19.1. The molecule has 0 saturated heterocycles. The minimum atomic E-state index is 0.0605. The van der Waals surface area contributed by atoms with Crippen molar-refractivity contribution in [2.45, 2.75) is 25.7 Å². The summed E-state index contributed by atoms with van der Waals surface area (Å²) in [6.07, 6.45) is 2.97. The summed E-state index contributed by atoms with van der Waals surface area (Å²) in [4.78, 5) is 11.8. The number of ether oxygens (including phenoxy) is 2. The molecule has 1 N–H and O–H groups in total. The van der Waals surface area contributed by atoms with E-state index in [1.54, 1.807) is 19.2 Å². The first-order valence-electron chi connectivity index (χ1n) is 8.45. The molecule has 0 aromatic heterocycles. The Hall–Kier alpha value is -2.20. The Morgan fingerprint density at radius 2 is 1.88 bits per heavy atom. The van der Waals surface area contributed by atoms with Crippen molar-refractivity contribution >= 4 is 17.5 Å². The molecule has 0 radical (unpaired) electrons. The van der Waals surface area contributed by atoms with Crippen LogP contribution in [0.15, 0.2) is 48.5 Å². The molecule has 134 valence electrons. The van der Waals surface area contributed by atoms with E-state index < -0.39 is 0 Å². The van der Waals surface area contributed by atoms with Crippen LogP contribution in [0.4, 0.5) is 0 Å². The number of methoxy groups -OCH3 is 1. The summed E-state index contributed by atoms with van der Waals surface area (Å²) in [7, 11) is 1.66. The van der Waals surface area contributed by atoms with Gasteiger partial charge in [0.1, 0.15) is 11.5 Å². The summed E-state index contributed by atoms with van der Waals surface area (Å²) in [5.41, 5.74) is 1.21. The molecular formula is C20H24ClNO3. The minimum absolute atomic E-state index is 0.0605. The van der Waals surface area contributed by atoms with Gasteiger partial charge in [-0.15, -0.1) is 0 Å². The molecule has 0 fully saturated rings. The van der Waals surface area contributed by atoms with Gasteiger partial charge in [-0.1, -0.05) is 23.7 Å². The van der Waals surface area contributed by atoms with Gasteiger partial charge in [-0.05, 0) is 61.2 Å². The Kier molecular flexibility index (Phi) is 8.13. The summed E-state index contributed by atoms with van der Waals surface area (Å²) in [5.74, 6) is 1.69. The third-order valence-electron chi connectivity index (χ3n) is 3.73. The Bertz CT molecular complexity index is 658. The van der Waals surface area contributed by atoms with E-state index in [0.29, 0.717) is 31.0 Å². The quantitative estimate of drug-likeness (QED) is 0.643. The van der Waals surface area contributed by atoms with Crippen LogP contribution in [-0.4, -0.2) is 26.2 Å². The highest BCUT2D eigenvalue weighted by molar-refractivity contribution is 6.30. The number of hydrogen-bond acceptors (Lipinski definition) is 3. The summed E-state index contributed by atoms with van der Waals surface area (Å²) >= 11 is 5.81. The number of rotatable bonds is 10. The summed E-state index contributed by atoms with van der Waals surface area (Å²) in [6.45, 7) is 1.19. The average Bonchev–Trinajstić information content (AvgIpc) is 2.64. The third-order valence-corrected chi connectivity index (χ3v) is 3.98. The van der Waals surface area contributed by atoms with Crippen molar-refractivity contribution in [1.82, 2.24) is 5.32 Å². The molecule has 25 heavy (non-hydrogen) atoms. The number of nitrogens with one attached hydrogen (secondary N) is 1. The lowest BCUT2D eigenvalue weighted by atomic mass is 10.1. The van der Waals surface area contributed by atoms with Gasteiger partial charge >= 0.3 is 0 Å². The monoisotopic (exact) mass is 361 g/mol. The highest BCUT2D eigenvalue weighted by Crippen LogP contribution is 2.16. The predicted molar refractivity (Wildman–Crippen MR) is 101 cm³/mol. The number of carbonyl (C=O) groups excluding carboxylic acids is 1. The maximum absolute atomic E-state index is 11.8. The van der Waals surface area contributed by atoms with Gasteiger partial charge in [0.15, 0.2) is 0 Å². The second-order valence-corrected chi connectivity index (χ2v) is 6.15. The number of hydrogen-bond donors (Lipinski definition) is 1. The molecule has 0 bridgehead atoms. The van der Waals surface area contributed by atoms with Gasteiger partial charge in [0.05, 0.1) is 13.7 Å². The van der Waals surface area contributed by atoms with E-state index in [2.05, 4.69) is 11.4 Å². The topological polar surface area (TPSA) is 47.6 Å². The Labute approximate surface area is 154 Å². The van der Waals surface area contributed by atoms with Gasteiger partial charge in [0.2, 0.25) is 5.91 Å². The molecule has 1 amide bonds. The van der Waals surface area contributed by atoms with Crippen LogP contribution < -0.4 is 14.8 Å². The van der Waals surface area contributed by atoms with Crippen LogP contribution >= 0.6 is 11.6 Å². The van der Waals surface area contributed by atoms with Crippen molar-refractivity contribution in [3.8, 4) is 11.5 Å². The van der Waals surface area contributed by atoms with E-state index in [4.69, 9.17) is 21.1 Å². The van der Waals surface area contributed by atoms with Crippen LogP contribution in [0.25, 0.3) is 0 Å². The molecule has 2 aromatic rings. The number of benzene rings is 2. The lowest BCUT2D eigenvalue weighted by molar-refractivity contribution is -0.121. The van der Waals surface area contributed by atoms with Gasteiger partial charge < -0.3 is 14.8 Å². The lowest BCUT2D eigenvalue weighted by Gasteiger charge is -2.08. The zero-order valence-electron chi connectivity index (χ0n) is 14.5. The number of carbonyl (C=O) groups is 1. The Balaban J connectivity index is 1.54. The minimum Gasteiger partial charge on any atom is -0.497 e. The van der Waals surface area contributed by atoms with Crippen LogP contribution in [-0.2, 0) is 11.2 Å². The second kappa shape index (κ2) is 10.6. The molecule has 5 heteroatoms. The molecule has 0 unspecified atom stereocenters. The van der Waals surface area contributed by atoms with E-state index in [1.807, 2.05) is 30.3 Å². The molecule has 4 nitrogen and oxygen atoms in total. The molecule has 0 aliphatic rings. The fourth-order valence-electron chi connectivity index (χ4n) is 2.39. The Morgan fingerprint density at radius 3 is 2.64 bits per heavy atom. The smallest absolute Gasteiger partial charge is 0.220 e. The van der Waals surface area contributed by atoms with Crippen LogP contribution in [0.5, 0.6) is 11.5 Å². The van der Waals surface area contributed by atoms with E-state index in [-0.39, 0.29) is 5.91 Å². The van der Waals surface area contributed by atoms with E-state index in [9.17, 15) is 4.79 Å². The highest BCUT2D eigenvalue weighted by Gasteiger charge is 2.02. The number of aryl methyl sites for hydroxylation is 1. The zero-order chi connectivity index (χ0) is 17.9. The van der Waals surface area contributed by atoms with Gasteiger partial charge in [-0.3, -0.25) is 4.79 Å². The standard InChI is InChI=1S/C20H24ClNO3/c1-24-19-7-2-5-16(15-19)6-3-13-22-20(23)8-4-14-25-18-11-9-17(21)10-12-18/h2,5,7,9-12,15H,3-4,6,8,13-14H2,1H3,(H,22,23). The van der Waals surface area contributed by atoms with Crippen molar-refractivity contribution in [2.75, 3.05) is 20.3 Å². The molecule has 0 saturated carbocycles. The molecule has 0 heterocycles. The van der Waals surface area contributed by atoms with Gasteiger partial charge in [-0.25, -0.2) is 0 Å².